The monoisotopic (exact) mass is 348 g/mol. The van der Waals surface area contributed by atoms with Crippen LogP contribution in [0.5, 0.6) is 5.75 Å². The molecule has 2 heterocycles. The molecule has 0 saturated heterocycles. The van der Waals surface area contributed by atoms with Gasteiger partial charge < -0.3 is 15.8 Å². The Bertz CT molecular complexity index is 917. The Morgan fingerprint density at radius 2 is 1.92 bits per heavy atom. The molecule has 0 unspecified atom stereocenters. The third-order valence-corrected chi connectivity index (χ3v) is 4.41. The minimum atomic E-state index is -0.472. The van der Waals surface area contributed by atoms with Gasteiger partial charge in [-0.3, -0.25) is 4.79 Å². The van der Waals surface area contributed by atoms with E-state index in [-0.39, 0.29) is 0 Å². The number of rotatable bonds is 5. The molecule has 26 heavy (non-hydrogen) atoms. The van der Waals surface area contributed by atoms with Crippen molar-refractivity contribution < 1.29 is 9.53 Å². The third kappa shape index (κ3) is 3.13. The molecule has 1 amide bonds. The van der Waals surface area contributed by atoms with Crippen molar-refractivity contribution in [3.63, 3.8) is 0 Å². The fourth-order valence-electron chi connectivity index (χ4n) is 3.12. The van der Waals surface area contributed by atoms with E-state index < -0.39 is 5.91 Å². The van der Waals surface area contributed by atoms with Crippen molar-refractivity contribution in [2.24, 2.45) is 5.73 Å². The first-order valence-electron chi connectivity index (χ1n) is 8.64. The van der Waals surface area contributed by atoms with Crippen molar-refractivity contribution in [2.75, 3.05) is 11.9 Å². The molecule has 0 bridgehead atoms. The van der Waals surface area contributed by atoms with E-state index in [4.69, 9.17) is 10.5 Å². The van der Waals surface area contributed by atoms with E-state index in [2.05, 4.69) is 10.4 Å². The van der Waals surface area contributed by atoms with Gasteiger partial charge in [-0.05, 0) is 36.2 Å². The molecule has 2 aromatic carbocycles. The first-order chi connectivity index (χ1) is 12.7. The summed E-state index contributed by atoms with van der Waals surface area (Å²) in [6, 6.07) is 17.6. The van der Waals surface area contributed by atoms with Gasteiger partial charge in [-0.2, -0.15) is 5.10 Å². The smallest absolute Gasteiger partial charge is 0.254 e. The standard InChI is InChI=1S/C20H20N4O2/c21-19(25)17-18(23-24-12-4-11-22-20(17)24)15-7-9-16(10-8-15)26-13-14-5-2-1-3-6-14/h1-3,5-10,22H,4,11-13H2,(H2,21,25). The highest BCUT2D eigenvalue weighted by Gasteiger charge is 2.24. The summed E-state index contributed by atoms with van der Waals surface area (Å²) in [5, 5.41) is 7.81. The molecule has 6 nitrogen and oxygen atoms in total. The zero-order valence-corrected chi connectivity index (χ0v) is 14.3. The van der Waals surface area contributed by atoms with E-state index in [0.29, 0.717) is 23.7 Å². The van der Waals surface area contributed by atoms with Gasteiger partial charge in [0.05, 0.1) is 0 Å². The van der Waals surface area contributed by atoms with E-state index in [9.17, 15) is 4.79 Å². The topological polar surface area (TPSA) is 82.2 Å². The van der Waals surface area contributed by atoms with Crippen LogP contribution in [0, 0.1) is 0 Å². The lowest BCUT2D eigenvalue weighted by Gasteiger charge is -2.15. The number of aromatic nitrogens is 2. The van der Waals surface area contributed by atoms with Crippen molar-refractivity contribution in [3.05, 3.63) is 65.7 Å². The molecule has 4 rings (SSSR count). The number of ether oxygens (including phenoxy) is 1. The summed E-state index contributed by atoms with van der Waals surface area (Å²) in [5.74, 6) is 1.00. The van der Waals surface area contributed by atoms with E-state index in [1.165, 1.54) is 0 Å². The summed E-state index contributed by atoms with van der Waals surface area (Å²) in [5.41, 5.74) is 8.61. The number of nitrogens with one attached hydrogen (secondary N) is 1. The molecule has 0 fully saturated rings. The largest absolute Gasteiger partial charge is 0.489 e. The Morgan fingerprint density at radius 1 is 1.15 bits per heavy atom. The maximum Gasteiger partial charge on any atom is 0.254 e. The molecule has 3 N–H and O–H groups in total. The lowest BCUT2D eigenvalue weighted by molar-refractivity contribution is 0.100. The van der Waals surface area contributed by atoms with Gasteiger partial charge in [-0.1, -0.05) is 30.3 Å². The quantitative estimate of drug-likeness (QED) is 0.742. The van der Waals surface area contributed by atoms with Crippen LogP contribution in [0.15, 0.2) is 54.6 Å². The molecular formula is C20H20N4O2. The number of aryl methyl sites for hydroxylation is 1. The van der Waals surface area contributed by atoms with Crippen LogP contribution < -0.4 is 15.8 Å². The third-order valence-electron chi connectivity index (χ3n) is 4.41. The number of hydrogen-bond acceptors (Lipinski definition) is 4. The van der Waals surface area contributed by atoms with Crippen LogP contribution in [0.25, 0.3) is 11.3 Å². The van der Waals surface area contributed by atoms with Gasteiger partial charge in [0.25, 0.3) is 5.91 Å². The SMILES string of the molecule is NC(=O)c1c(-c2ccc(OCc3ccccc3)cc2)nn2c1NCCC2. The van der Waals surface area contributed by atoms with Crippen molar-refractivity contribution >= 4 is 11.7 Å². The normalized spacial score (nSPS) is 12.9. The van der Waals surface area contributed by atoms with Crippen molar-refractivity contribution in [2.45, 2.75) is 19.6 Å². The Labute approximate surface area is 151 Å². The summed E-state index contributed by atoms with van der Waals surface area (Å²) in [6.07, 6.45) is 0.971. The molecule has 0 aliphatic carbocycles. The maximum absolute atomic E-state index is 12.0. The number of primary amides is 1. The average Bonchev–Trinajstić information content (AvgIpc) is 3.07. The van der Waals surface area contributed by atoms with Crippen molar-refractivity contribution in [1.82, 2.24) is 9.78 Å². The highest BCUT2D eigenvalue weighted by atomic mass is 16.5. The lowest BCUT2D eigenvalue weighted by Crippen LogP contribution is -2.21. The second-order valence-corrected chi connectivity index (χ2v) is 6.24. The zero-order chi connectivity index (χ0) is 17.9. The van der Waals surface area contributed by atoms with Crippen LogP contribution in [0.2, 0.25) is 0 Å². The molecule has 0 saturated carbocycles. The number of anilines is 1. The number of benzene rings is 2. The van der Waals surface area contributed by atoms with Crippen molar-refractivity contribution in [3.8, 4) is 17.0 Å². The molecule has 0 radical (unpaired) electrons. The summed E-state index contributed by atoms with van der Waals surface area (Å²) in [4.78, 5) is 12.0. The molecular weight excluding hydrogens is 328 g/mol. The fraction of sp³-hybridized carbons (Fsp3) is 0.200. The van der Waals surface area contributed by atoms with Crippen molar-refractivity contribution in [1.29, 1.82) is 0 Å². The Balaban J connectivity index is 1.57. The first-order valence-corrected chi connectivity index (χ1v) is 8.64. The molecule has 1 aliphatic heterocycles. The minimum Gasteiger partial charge on any atom is -0.489 e. The molecule has 1 aliphatic rings. The van der Waals surface area contributed by atoms with Crippen LogP contribution in [0.1, 0.15) is 22.3 Å². The summed E-state index contributed by atoms with van der Waals surface area (Å²) in [6.45, 7) is 2.11. The zero-order valence-electron chi connectivity index (χ0n) is 14.3. The van der Waals surface area contributed by atoms with Crippen LogP contribution in [-0.2, 0) is 13.2 Å². The average molecular weight is 348 g/mol. The van der Waals surface area contributed by atoms with Gasteiger partial charge in [0.15, 0.2) is 0 Å². The number of carbonyl (C=O) groups excluding carboxylic acids is 1. The summed E-state index contributed by atoms with van der Waals surface area (Å²) >= 11 is 0. The number of nitrogens with two attached hydrogens (primary N) is 1. The lowest BCUT2D eigenvalue weighted by atomic mass is 10.1. The number of fused-ring (bicyclic) bond motifs is 1. The minimum absolute atomic E-state index is 0.447. The van der Waals surface area contributed by atoms with Crippen LogP contribution in [0.3, 0.4) is 0 Å². The molecule has 3 aromatic rings. The first kappa shape index (κ1) is 16.2. The van der Waals surface area contributed by atoms with E-state index in [1.807, 2.05) is 59.3 Å². The number of carbonyl (C=O) groups is 1. The molecule has 0 spiro atoms. The van der Waals surface area contributed by atoms with Gasteiger partial charge >= 0.3 is 0 Å². The molecule has 1 aromatic heterocycles. The predicted molar refractivity (Wildman–Crippen MR) is 100 cm³/mol. The number of nitrogens with zero attached hydrogens (tertiary/aromatic N) is 2. The van der Waals surface area contributed by atoms with Crippen LogP contribution in [0.4, 0.5) is 5.82 Å². The predicted octanol–water partition coefficient (Wildman–Crippen LogP) is 3.04. The van der Waals surface area contributed by atoms with Gasteiger partial charge in [0.2, 0.25) is 0 Å². The van der Waals surface area contributed by atoms with E-state index in [1.54, 1.807) is 0 Å². The molecule has 132 valence electrons. The highest BCUT2D eigenvalue weighted by Crippen LogP contribution is 2.31. The number of hydrogen-bond donors (Lipinski definition) is 2. The van der Waals surface area contributed by atoms with Gasteiger partial charge in [-0.25, -0.2) is 4.68 Å². The van der Waals surface area contributed by atoms with E-state index in [0.717, 1.165) is 36.4 Å². The van der Waals surface area contributed by atoms with E-state index >= 15 is 0 Å². The summed E-state index contributed by atoms with van der Waals surface area (Å²) in [7, 11) is 0. The Morgan fingerprint density at radius 3 is 2.65 bits per heavy atom. The maximum atomic E-state index is 12.0. The molecule has 6 heteroatoms. The second-order valence-electron chi connectivity index (χ2n) is 6.24. The summed E-state index contributed by atoms with van der Waals surface area (Å²) < 4.78 is 7.63. The van der Waals surface area contributed by atoms with Gasteiger partial charge in [0, 0.05) is 18.7 Å². The fourth-order valence-corrected chi connectivity index (χ4v) is 3.12. The Hall–Kier alpha value is -3.28. The van der Waals surface area contributed by atoms with Crippen LogP contribution in [-0.4, -0.2) is 22.2 Å². The Kier molecular flexibility index (Phi) is 4.31. The highest BCUT2D eigenvalue weighted by molar-refractivity contribution is 6.03. The molecule has 0 atom stereocenters. The second kappa shape index (κ2) is 6.92. The number of amides is 1. The van der Waals surface area contributed by atoms with Gasteiger partial charge in [0.1, 0.15) is 29.4 Å². The van der Waals surface area contributed by atoms with Gasteiger partial charge in [-0.15, -0.1) is 0 Å². The van der Waals surface area contributed by atoms with Crippen LogP contribution >= 0.6 is 0 Å².